The predicted octanol–water partition coefficient (Wildman–Crippen LogP) is 5.21. The van der Waals surface area contributed by atoms with E-state index in [2.05, 4.69) is 29.3 Å². The third-order valence-corrected chi connectivity index (χ3v) is 4.15. The monoisotopic (exact) mass is 451 g/mol. The minimum atomic E-state index is -2.74. The fourth-order valence-electron chi connectivity index (χ4n) is 2.25. The van der Waals surface area contributed by atoms with Crippen molar-refractivity contribution in [3.8, 4) is 5.75 Å². The van der Waals surface area contributed by atoms with Crippen LogP contribution in [0, 0.1) is 6.92 Å². The molecule has 0 fully saturated rings. The van der Waals surface area contributed by atoms with E-state index in [0.717, 1.165) is 22.9 Å². The molecule has 168 valence electrons. The van der Waals surface area contributed by atoms with Crippen LogP contribution in [0.15, 0.2) is 52.4 Å². The highest BCUT2D eigenvalue weighted by Crippen LogP contribution is 2.14. The zero-order valence-corrected chi connectivity index (χ0v) is 19.2. The number of anilines is 1. The van der Waals surface area contributed by atoms with Gasteiger partial charge in [-0.1, -0.05) is 24.6 Å². The number of aliphatic imine (C=N–C) groups is 2. The van der Waals surface area contributed by atoms with Crippen LogP contribution in [0.2, 0.25) is 0 Å². The lowest BCUT2D eigenvalue weighted by Crippen LogP contribution is -2.17. The van der Waals surface area contributed by atoms with Crippen LogP contribution < -0.4 is 15.4 Å². The van der Waals surface area contributed by atoms with Crippen LogP contribution >= 0.6 is 9.24 Å². The lowest BCUT2D eigenvalue weighted by Gasteiger charge is -2.09. The van der Waals surface area contributed by atoms with Gasteiger partial charge in [0.25, 0.3) is 0 Å². The van der Waals surface area contributed by atoms with E-state index in [1.807, 2.05) is 32.2 Å². The van der Waals surface area contributed by atoms with Gasteiger partial charge in [-0.2, -0.15) is 8.78 Å². The van der Waals surface area contributed by atoms with Crippen LogP contribution in [0.3, 0.4) is 0 Å². The lowest BCUT2D eigenvalue weighted by atomic mass is 10.2. The maximum absolute atomic E-state index is 11.6. The average Bonchev–Trinajstić information content (AvgIpc) is 2.72. The van der Waals surface area contributed by atoms with Crippen molar-refractivity contribution in [2.24, 2.45) is 9.98 Å². The number of amides is 1. The Morgan fingerprint density at radius 1 is 1.19 bits per heavy atom. The number of rotatable bonds is 6. The Balaban J connectivity index is 0.000000367. The highest BCUT2D eigenvalue weighted by Gasteiger charge is 2.08. The Bertz CT molecular complexity index is 888. The molecule has 0 heterocycles. The Labute approximate surface area is 184 Å². The molecule has 6 nitrogen and oxygen atoms in total. The van der Waals surface area contributed by atoms with Gasteiger partial charge >= 0.3 is 12.7 Å². The molecule has 0 radical (unpaired) electrons. The lowest BCUT2D eigenvalue weighted by molar-refractivity contribution is -0.0498. The molecular formula is C22H28F2N3O3P. The van der Waals surface area contributed by atoms with Crippen molar-refractivity contribution in [3.05, 3.63) is 53.6 Å². The molecule has 1 amide bonds. The summed E-state index contributed by atoms with van der Waals surface area (Å²) in [5.74, 6) is 0.865. The molecule has 1 N–H and O–H groups in total. The number of benzene rings is 2. The summed E-state index contributed by atoms with van der Waals surface area (Å²) in [7, 11) is 4.29. The van der Waals surface area contributed by atoms with Crippen molar-refractivity contribution in [2.45, 2.75) is 33.8 Å². The van der Waals surface area contributed by atoms with Crippen molar-refractivity contribution in [1.82, 2.24) is 0 Å². The second-order valence-electron chi connectivity index (χ2n) is 6.11. The molecule has 1 atom stereocenters. The molecule has 0 saturated carbocycles. The SMILES string of the molecule is CCC=NC(=NC)c1ccc(NC(=O)OCC)c(P)c1.Cc1ccc(OC(F)F)cc1. The molecule has 2 aromatic rings. The maximum Gasteiger partial charge on any atom is 0.411 e. The largest absolute Gasteiger partial charge is 0.450 e. The Hall–Kier alpha value is -2.86. The normalized spacial score (nSPS) is 11.2. The average molecular weight is 451 g/mol. The van der Waals surface area contributed by atoms with E-state index in [0.29, 0.717) is 18.1 Å². The molecule has 0 spiro atoms. The minimum absolute atomic E-state index is 0.200. The van der Waals surface area contributed by atoms with Crippen LogP contribution in [-0.2, 0) is 4.74 Å². The molecule has 2 rings (SSSR count). The molecule has 0 aromatic heterocycles. The predicted molar refractivity (Wildman–Crippen MR) is 125 cm³/mol. The Morgan fingerprint density at radius 2 is 1.87 bits per heavy atom. The topological polar surface area (TPSA) is 72.3 Å². The van der Waals surface area contributed by atoms with E-state index < -0.39 is 12.7 Å². The molecule has 9 heteroatoms. The number of carbonyl (C=O) groups excluding carboxylic acids is 1. The van der Waals surface area contributed by atoms with Crippen molar-refractivity contribution in [1.29, 1.82) is 0 Å². The van der Waals surface area contributed by atoms with Gasteiger partial charge in [0.2, 0.25) is 0 Å². The fraction of sp³-hybridized carbons (Fsp3) is 0.318. The van der Waals surface area contributed by atoms with Crippen molar-refractivity contribution >= 4 is 38.4 Å². The van der Waals surface area contributed by atoms with Gasteiger partial charge in [0.05, 0.1) is 12.3 Å². The summed E-state index contributed by atoms with van der Waals surface area (Å²) in [4.78, 5) is 19.8. The zero-order chi connectivity index (χ0) is 23.2. The fourth-order valence-corrected chi connectivity index (χ4v) is 2.60. The van der Waals surface area contributed by atoms with Gasteiger partial charge in [-0.15, -0.1) is 9.24 Å². The summed E-state index contributed by atoms with van der Waals surface area (Å²) < 4.78 is 32.2. The van der Waals surface area contributed by atoms with E-state index in [4.69, 9.17) is 4.74 Å². The summed E-state index contributed by atoms with van der Waals surface area (Å²) in [5.41, 5.74) is 2.61. The Morgan fingerprint density at radius 3 is 2.39 bits per heavy atom. The summed E-state index contributed by atoms with van der Waals surface area (Å²) in [5, 5.41) is 3.53. The van der Waals surface area contributed by atoms with Gasteiger partial charge < -0.3 is 9.47 Å². The Kier molecular flexibility index (Phi) is 12.0. The highest BCUT2D eigenvalue weighted by atomic mass is 31.0. The number of hydrogen-bond acceptors (Lipinski definition) is 4. The van der Waals surface area contributed by atoms with Crippen LogP contribution in [0.5, 0.6) is 5.75 Å². The van der Waals surface area contributed by atoms with E-state index in [1.54, 1.807) is 32.2 Å². The van der Waals surface area contributed by atoms with Crippen LogP contribution in [0.25, 0.3) is 0 Å². The van der Waals surface area contributed by atoms with Crippen LogP contribution in [0.4, 0.5) is 19.3 Å². The maximum atomic E-state index is 11.6. The number of ether oxygens (including phenoxy) is 2. The van der Waals surface area contributed by atoms with Gasteiger partial charge in [-0.3, -0.25) is 10.3 Å². The second kappa shape index (κ2) is 14.2. The summed E-state index contributed by atoms with van der Waals surface area (Å²) >= 11 is 0. The quantitative estimate of drug-likeness (QED) is 0.372. The van der Waals surface area contributed by atoms with E-state index in [1.165, 1.54) is 12.1 Å². The van der Waals surface area contributed by atoms with Crippen LogP contribution in [0.1, 0.15) is 31.4 Å². The van der Waals surface area contributed by atoms with Crippen molar-refractivity contribution in [2.75, 3.05) is 19.0 Å². The molecule has 0 aliphatic rings. The number of alkyl halides is 2. The van der Waals surface area contributed by atoms with E-state index in [-0.39, 0.29) is 5.75 Å². The summed E-state index contributed by atoms with van der Waals surface area (Å²) in [6, 6.07) is 12.0. The first-order chi connectivity index (χ1) is 14.8. The molecule has 0 bridgehead atoms. The third kappa shape index (κ3) is 10.1. The first-order valence-electron chi connectivity index (χ1n) is 9.65. The summed E-state index contributed by atoms with van der Waals surface area (Å²) in [6.45, 7) is 3.27. The number of carbonyl (C=O) groups is 1. The van der Waals surface area contributed by atoms with Crippen LogP contribution in [-0.4, -0.2) is 38.4 Å². The summed E-state index contributed by atoms with van der Waals surface area (Å²) in [6.07, 6.45) is 2.21. The molecule has 0 aliphatic carbocycles. The molecular weight excluding hydrogens is 423 g/mol. The van der Waals surface area contributed by atoms with Gasteiger partial charge in [0, 0.05) is 18.8 Å². The number of nitrogens with one attached hydrogen (secondary N) is 1. The first kappa shape index (κ1) is 26.2. The molecule has 0 saturated heterocycles. The van der Waals surface area contributed by atoms with E-state index >= 15 is 0 Å². The molecule has 2 aromatic carbocycles. The minimum Gasteiger partial charge on any atom is -0.450 e. The number of nitrogens with zero attached hydrogens (tertiary/aromatic N) is 2. The van der Waals surface area contributed by atoms with Gasteiger partial charge in [0.15, 0.2) is 5.84 Å². The number of halogens is 2. The molecule has 0 aliphatic heterocycles. The third-order valence-electron chi connectivity index (χ3n) is 3.68. The number of hydrogen-bond donors (Lipinski definition) is 1. The number of amidine groups is 1. The smallest absolute Gasteiger partial charge is 0.411 e. The van der Waals surface area contributed by atoms with Crippen molar-refractivity contribution in [3.63, 3.8) is 0 Å². The van der Waals surface area contributed by atoms with Gasteiger partial charge in [-0.25, -0.2) is 9.79 Å². The molecule has 31 heavy (non-hydrogen) atoms. The zero-order valence-electron chi connectivity index (χ0n) is 18.1. The highest BCUT2D eigenvalue weighted by molar-refractivity contribution is 7.28. The number of aryl methyl sites for hydroxylation is 1. The standard InChI is InChI=1S/C14H20N3O2P.C8H8F2O/c1-4-8-16-13(15-3)10-6-7-11(12(20)9-10)17-14(18)19-5-2;1-6-2-4-7(5-3-6)11-8(9)10/h6-9H,4-5,20H2,1-3H3,(H,17,18);2-5,8H,1H3. The van der Waals surface area contributed by atoms with Gasteiger partial charge in [0.1, 0.15) is 5.75 Å². The van der Waals surface area contributed by atoms with Crippen molar-refractivity contribution < 1.29 is 23.0 Å². The second-order valence-corrected chi connectivity index (χ2v) is 6.73. The van der Waals surface area contributed by atoms with E-state index in [9.17, 15) is 13.6 Å². The van der Waals surface area contributed by atoms with Gasteiger partial charge in [-0.05, 0) is 55.9 Å². The first-order valence-corrected chi connectivity index (χ1v) is 10.2. The molecule has 1 unspecified atom stereocenters.